The first kappa shape index (κ1) is 26.3. The minimum Gasteiger partial charge on any atom is -0.507 e. The zero-order valence-corrected chi connectivity index (χ0v) is 26.6. The van der Waals surface area contributed by atoms with Gasteiger partial charge in [-0.3, -0.25) is 0 Å². The number of halogens is 4. The van der Waals surface area contributed by atoms with E-state index in [-0.39, 0.29) is 0 Å². The number of benzene rings is 2. The lowest BCUT2D eigenvalue weighted by atomic mass is 10.00. The first-order valence-electron chi connectivity index (χ1n) is 9.92. The molecule has 1 aliphatic rings. The van der Waals surface area contributed by atoms with Gasteiger partial charge < -0.3 is 10.2 Å². The van der Waals surface area contributed by atoms with Crippen LogP contribution in [-0.2, 0) is 11.5 Å². The molecule has 2 aromatic carbocycles. The molecule has 0 amide bonds. The van der Waals surface area contributed by atoms with Crippen molar-refractivity contribution in [3.63, 3.8) is 0 Å². The molecule has 0 saturated heterocycles. The molecule has 30 heavy (non-hydrogen) atoms. The molecule has 0 aromatic heterocycles. The quantitative estimate of drug-likeness (QED) is 0.285. The highest BCUT2D eigenvalue weighted by Gasteiger charge is 2.25. The maximum absolute atomic E-state index is 10.5. The highest BCUT2D eigenvalue weighted by Crippen LogP contribution is 2.40. The third-order valence-electron chi connectivity index (χ3n) is 5.26. The van der Waals surface area contributed by atoms with Crippen molar-refractivity contribution >= 4 is 114 Å². The summed E-state index contributed by atoms with van der Waals surface area (Å²) < 4.78 is 4.22. The van der Waals surface area contributed by atoms with E-state index in [2.05, 4.69) is 102 Å². The van der Waals surface area contributed by atoms with Gasteiger partial charge in [0.2, 0.25) is 0 Å². The molecule has 0 bridgehead atoms. The first-order valence-corrected chi connectivity index (χ1v) is 16.3. The summed E-state index contributed by atoms with van der Waals surface area (Å²) >= 11 is 13.1. The average molecular weight is 892 g/mol. The molecular formula is C22H24I4O2S2. The Hall–Kier alpha value is 1.66. The first-order chi connectivity index (χ1) is 14.3. The molecule has 0 spiro atoms. The van der Waals surface area contributed by atoms with Crippen LogP contribution in [0.4, 0.5) is 0 Å². The Bertz CT molecular complexity index is 807. The second-order valence-electron chi connectivity index (χ2n) is 7.48. The van der Waals surface area contributed by atoms with Gasteiger partial charge in [-0.05, 0) is 127 Å². The van der Waals surface area contributed by atoms with Crippen LogP contribution in [0, 0.1) is 14.3 Å². The van der Waals surface area contributed by atoms with Crippen molar-refractivity contribution in [2.75, 3.05) is 0 Å². The molecule has 2 atom stereocenters. The van der Waals surface area contributed by atoms with E-state index in [0.717, 1.165) is 29.8 Å². The molecule has 8 heteroatoms. The van der Waals surface area contributed by atoms with Crippen LogP contribution >= 0.6 is 114 Å². The number of hydrogen-bond acceptors (Lipinski definition) is 4. The van der Waals surface area contributed by atoms with Gasteiger partial charge in [-0.1, -0.05) is 25.7 Å². The Morgan fingerprint density at radius 2 is 1.07 bits per heavy atom. The standard InChI is InChI=1S/C22H24I4O2S2/c23-15-7-13(21(27)17(25)9-15)11-29-19-5-3-1-2-4-6-20(19)30-12-14-8-16(24)10-18(26)22(14)28/h7-10,19-20,27-28H,1-6,11-12H2. The second-order valence-corrected chi connectivity index (χ2v) is 14.8. The molecule has 2 N–H and O–H groups in total. The summed E-state index contributed by atoms with van der Waals surface area (Å²) in [6.45, 7) is 0. The molecule has 0 radical (unpaired) electrons. The van der Waals surface area contributed by atoms with Gasteiger partial charge >= 0.3 is 0 Å². The van der Waals surface area contributed by atoms with Crippen LogP contribution in [0.3, 0.4) is 0 Å². The Labute approximate surface area is 242 Å². The van der Waals surface area contributed by atoms with Gasteiger partial charge in [0.25, 0.3) is 0 Å². The Balaban J connectivity index is 1.70. The molecule has 2 aromatic rings. The van der Waals surface area contributed by atoms with Crippen molar-refractivity contribution < 1.29 is 10.2 Å². The Morgan fingerprint density at radius 3 is 1.47 bits per heavy atom. The van der Waals surface area contributed by atoms with Crippen LogP contribution in [0.5, 0.6) is 11.5 Å². The third-order valence-corrected chi connectivity index (χ3v) is 11.3. The van der Waals surface area contributed by atoms with Crippen molar-refractivity contribution in [2.24, 2.45) is 0 Å². The monoisotopic (exact) mass is 892 g/mol. The fourth-order valence-corrected chi connectivity index (χ4v) is 10.6. The summed E-state index contributed by atoms with van der Waals surface area (Å²) in [5.74, 6) is 2.59. The van der Waals surface area contributed by atoms with Crippen LogP contribution in [0.25, 0.3) is 0 Å². The van der Waals surface area contributed by atoms with Crippen LogP contribution in [0.2, 0.25) is 0 Å². The predicted octanol–water partition coefficient (Wildman–Crippen LogP) is 8.77. The number of phenols is 2. The maximum Gasteiger partial charge on any atom is 0.132 e. The van der Waals surface area contributed by atoms with E-state index in [9.17, 15) is 10.2 Å². The highest BCUT2D eigenvalue weighted by molar-refractivity contribution is 14.1. The van der Waals surface area contributed by atoms with Gasteiger partial charge in [0.15, 0.2) is 0 Å². The number of thioether (sulfide) groups is 2. The lowest BCUT2D eigenvalue weighted by Gasteiger charge is -2.29. The molecule has 1 fully saturated rings. The topological polar surface area (TPSA) is 40.5 Å². The summed E-state index contributed by atoms with van der Waals surface area (Å²) in [4.78, 5) is 0. The van der Waals surface area contributed by atoms with E-state index >= 15 is 0 Å². The highest BCUT2D eigenvalue weighted by atomic mass is 127. The molecule has 164 valence electrons. The lowest BCUT2D eigenvalue weighted by Crippen LogP contribution is -2.22. The van der Waals surface area contributed by atoms with E-state index < -0.39 is 0 Å². The zero-order chi connectivity index (χ0) is 21.7. The van der Waals surface area contributed by atoms with Gasteiger partial charge in [-0.2, -0.15) is 23.5 Å². The SMILES string of the molecule is Oc1c(I)cc(I)cc1CSC1CCCCCCC1SCc1cc(I)cc(I)c1O. The average Bonchev–Trinajstić information content (AvgIpc) is 2.67. The fraction of sp³-hybridized carbons (Fsp3) is 0.455. The van der Waals surface area contributed by atoms with Crippen LogP contribution in [0.1, 0.15) is 49.7 Å². The second kappa shape index (κ2) is 12.9. The number of hydrogen-bond donors (Lipinski definition) is 2. The summed E-state index contributed by atoms with van der Waals surface area (Å²) in [6, 6.07) is 8.27. The molecule has 2 nitrogen and oxygen atoms in total. The number of rotatable bonds is 6. The molecule has 1 saturated carbocycles. The smallest absolute Gasteiger partial charge is 0.132 e. The fourth-order valence-electron chi connectivity index (χ4n) is 3.65. The normalized spacial score (nSPS) is 20.0. The number of phenolic OH excluding ortho intramolecular Hbond substituents is 2. The van der Waals surface area contributed by atoms with Crippen molar-refractivity contribution in [1.82, 2.24) is 0 Å². The van der Waals surface area contributed by atoms with Gasteiger partial charge in [-0.15, -0.1) is 0 Å². The van der Waals surface area contributed by atoms with Gasteiger partial charge in [0.1, 0.15) is 11.5 Å². The molecule has 0 heterocycles. The largest absolute Gasteiger partial charge is 0.507 e. The van der Waals surface area contributed by atoms with Crippen molar-refractivity contribution in [2.45, 2.75) is 60.5 Å². The van der Waals surface area contributed by atoms with E-state index in [1.807, 2.05) is 35.7 Å². The van der Waals surface area contributed by atoms with Gasteiger partial charge in [-0.25, -0.2) is 0 Å². The molecule has 2 unspecified atom stereocenters. The van der Waals surface area contributed by atoms with E-state index in [1.165, 1.54) is 45.7 Å². The van der Waals surface area contributed by atoms with Crippen LogP contribution in [-0.4, -0.2) is 20.7 Å². The van der Waals surface area contributed by atoms with Crippen molar-refractivity contribution in [3.8, 4) is 11.5 Å². The summed E-state index contributed by atoms with van der Waals surface area (Å²) in [5, 5.41) is 22.1. The zero-order valence-electron chi connectivity index (χ0n) is 16.3. The lowest BCUT2D eigenvalue weighted by molar-refractivity contribution is 0.466. The summed E-state index contributed by atoms with van der Waals surface area (Å²) in [5.41, 5.74) is 2.10. The molecular weight excluding hydrogens is 868 g/mol. The van der Waals surface area contributed by atoms with E-state index in [1.54, 1.807) is 0 Å². The van der Waals surface area contributed by atoms with Crippen LogP contribution in [0.15, 0.2) is 24.3 Å². The predicted molar refractivity (Wildman–Crippen MR) is 165 cm³/mol. The molecule has 1 aliphatic carbocycles. The van der Waals surface area contributed by atoms with E-state index in [4.69, 9.17) is 0 Å². The van der Waals surface area contributed by atoms with Crippen LogP contribution < -0.4 is 0 Å². The maximum atomic E-state index is 10.5. The van der Waals surface area contributed by atoms with Gasteiger partial charge in [0, 0.05) is 40.3 Å². The molecule has 3 rings (SSSR count). The van der Waals surface area contributed by atoms with Gasteiger partial charge in [0.05, 0.1) is 7.14 Å². The van der Waals surface area contributed by atoms with Crippen molar-refractivity contribution in [1.29, 1.82) is 0 Å². The summed E-state index contributed by atoms with van der Waals surface area (Å²) in [6.07, 6.45) is 7.71. The summed E-state index contributed by atoms with van der Waals surface area (Å²) in [7, 11) is 0. The van der Waals surface area contributed by atoms with Crippen molar-refractivity contribution in [3.05, 3.63) is 49.7 Å². The minimum atomic E-state index is 0.442. The van der Waals surface area contributed by atoms with E-state index in [0.29, 0.717) is 22.0 Å². The minimum absolute atomic E-state index is 0.442. The number of aromatic hydroxyl groups is 2. The molecule has 0 aliphatic heterocycles. The Kier molecular flexibility index (Phi) is 11.3. The Morgan fingerprint density at radius 1 is 0.667 bits per heavy atom. The third kappa shape index (κ3) is 7.59.